The summed E-state index contributed by atoms with van der Waals surface area (Å²) in [5.74, 6) is -3.75. The van der Waals surface area contributed by atoms with Crippen molar-refractivity contribution in [3.05, 3.63) is 41.2 Å². The SMILES string of the molecule is O=C(O)N1C[C@H]2CC(Nc3cc(C(F)F)c(-c4cc(F)cc(F)c4F)nn3)C[C@H]2C1. The first-order chi connectivity index (χ1) is 14.2. The summed E-state index contributed by atoms with van der Waals surface area (Å²) in [5, 5.41) is 19.5. The fourth-order valence-corrected chi connectivity index (χ4v) is 4.36. The average Bonchev–Trinajstić information content (AvgIpc) is 3.23. The summed E-state index contributed by atoms with van der Waals surface area (Å²) in [5.41, 5.74) is -2.07. The molecular weight excluding hydrogens is 411 g/mol. The van der Waals surface area contributed by atoms with Crippen LogP contribution in [0.2, 0.25) is 0 Å². The summed E-state index contributed by atoms with van der Waals surface area (Å²) in [6.45, 7) is 0.852. The monoisotopic (exact) mass is 428 g/mol. The van der Waals surface area contributed by atoms with Crippen LogP contribution < -0.4 is 5.32 Å². The topological polar surface area (TPSA) is 78.4 Å². The van der Waals surface area contributed by atoms with Gasteiger partial charge in [-0.2, -0.15) is 0 Å². The molecule has 1 saturated carbocycles. The van der Waals surface area contributed by atoms with Gasteiger partial charge in [-0.05, 0) is 36.8 Å². The lowest BCUT2D eigenvalue weighted by Crippen LogP contribution is -2.29. The summed E-state index contributed by atoms with van der Waals surface area (Å²) >= 11 is 0. The largest absolute Gasteiger partial charge is 0.465 e. The minimum absolute atomic E-state index is 0.0337. The number of likely N-dealkylation sites (tertiary alicyclic amines) is 1. The third-order valence-electron chi connectivity index (χ3n) is 5.68. The van der Waals surface area contributed by atoms with Crippen molar-refractivity contribution < 1.29 is 31.9 Å². The predicted molar refractivity (Wildman–Crippen MR) is 95.5 cm³/mol. The molecule has 1 amide bonds. The fraction of sp³-hybridized carbons (Fsp3) is 0.421. The zero-order valence-electron chi connectivity index (χ0n) is 15.5. The van der Waals surface area contributed by atoms with E-state index < -0.39 is 46.8 Å². The van der Waals surface area contributed by atoms with Crippen LogP contribution in [0, 0.1) is 29.3 Å². The Labute approximate surface area is 167 Å². The van der Waals surface area contributed by atoms with Crippen LogP contribution in [-0.4, -0.2) is 45.4 Å². The van der Waals surface area contributed by atoms with Crippen LogP contribution in [0.25, 0.3) is 11.3 Å². The number of halogens is 5. The van der Waals surface area contributed by atoms with Gasteiger partial charge in [0.15, 0.2) is 11.6 Å². The number of fused-ring (bicyclic) bond motifs is 1. The van der Waals surface area contributed by atoms with Gasteiger partial charge in [-0.15, -0.1) is 10.2 Å². The van der Waals surface area contributed by atoms with Gasteiger partial charge >= 0.3 is 6.09 Å². The van der Waals surface area contributed by atoms with E-state index in [1.165, 1.54) is 4.90 Å². The maximum Gasteiger partial charge on any atom is 0.407 e. The van der Waals surface area contributed by atoms with Gasteiger partial charge in [0.25, 0.3) is 6.43 Å². The molecule has 2 aliphatic rings. The first-order valence-corrected chi connectivity index (χ1v) is 9.28. The standard InChI is InChI=1S/C19H17F5N4O2/c20-10-3-12(16(22)14(21)4-10)17-13(18(23)24)5-15(26-27-17)25-11-1-8-6-28(19(29)30)7-9(8)2-11/h3-5,8-9,11,18H,1-2,6-7H2,(H,25,26)(H,29,30)/t8-,9+,11?. The molecule has 0 radical (unpaired) electrons. The van der Waals surface area contributed by atoms with Crippen LogP contribution in [0.1, 0.15) is 24.8 Å². The summed E-state index contributed by atoms with van der Waals surface area (Å²) in [4.78, 5) is 12.4. The Morgan fingerprint density at radius 3 is 2.37 bits per heavy atom. The molecule has 1 aromatic carbocycles. The molecule has 3 atom stereocenters. The van der Waals surface area contributed by atoms with E-state index in [0.717, 1.165) is 6.07 Å². The molecule has 160 valence electrons. The van der Waals surface area contributed by atoms with E-state index >= 15 is 0 Å². The number of carbonyl (C=O) groups is 1. The maximum atomic E-state index is 14.0. The minimum atomic E-state index is -3.08. The van der Waals surface area contributed by atoms with Crippen molar-refractivity contribution in [2.45, 2.75) is 25.3 Å². The van der Waals surface area contributed by atoms with Crippen molar-refractivity contribution >= 4 is 11.9 Å². The van der Waals surface area contributed by atoms with Crippen molar-refractivity contribution in [1.29, 1.82) is 0 Å². The van der Waals surface area contributed by atoms with Crippen LogP contribution in [-0.2, 0) is 0 Å². The molecule has 1 aliphatic heterocycles. The number of hydrogen-bond donors (Lipinski definition) is 2. The highest BCUT2D eigenvalue weighted by Crippen LogP contribution is 2.40. The molecule has 0 spiro atoms. The van der Waals surface area contributed by atoms with Crippen molar-refractivity contribution in [2.24, 2.45) is 11.8 Å². The van der Waals surface area contributed by atoms with Crippen molar-refractivity contribution in [3.8, 4) is 11.3 Å². The second-order valence-electron chi connectivity index (χ2n) is 7.60. The molecule has 30 heavy (non-hydrogen) atoms. The van der Waals surface area contributed by atoms with Crippen molar-refractivity contribution in [3.63, 3.8) is 0 Å². The molecule has 2 aromatic rings. The number of alkyl halides is 2. The number of hydrogen-bond acceptors (Lipinski definition) is 4. The molecule has 1 saturated heterocycles. The zero-order chi connectivity index (χ0) is 21.6. The number of anilines is 1. The van der Waals surface area contributed by atoms with E-state index in [1.54, 1.807) is 0 Å². The molecule has 11 heteroatoms. The molecule has 1 aliphatic carbocycles. The Morgan fingerprint density at radius 1 is 1.10 bits per heavy atom. The zero-order valence-corrected chi connectivity index (χ0v) is 15.5. The van der Waals surface area contributed by atoms with Gasteiger partial charge in [-0.25, -0.2) is 26.7 Å². The molecule has 4 rings (SSSR count). The number of carboxylic acid groups (broad SMARTS) is 1. The highest BCUT2D eigenvalue weighted by atomic mass is 19.3. The van der Waals surface area contributed by atoms with Gasteiger partial charge in [0, 0.05) is 36.3 Å². The van der Waals surface area contributed by atoms with Gasteiger partial charge in [0.1, 0.15) is 17.3 Å². The van der Waals surface area contributed by atoms with Crippen molar-refractivity contribution in [2.75, 3.05) is 18.4 Å². The van der Waals surface area contributed by atoms with Gasteiger partial charge in [0.2, 0.25) is 0 Å². The van der Waals surface area contributed by atoms with Crippen LogP contribution in [0.3, 0.4) is 0 Å². The van der Waals surface area contributed by atoms with Gasteiger partial charge in [0.05, 0.1) is 0 Å². The van der Waals surface area contributed by atoms with E-state index in [1.807, 2.05) is 0 Å². The number of nitrogens with zero attached hydrogens (tertiary/aromatic N) is 3. The lowest BCUT2D eigenvalue weighted by Gasteiger charge is -2.18. The first kappa shape index (κ1) is 20.3. The summed E-state index contributed by atoms with van der Waals surface area (Å²) in [6.07, 6.45) is -2.75. The van der Waals surface area contributed by atoms with Crippen LogP contribution in [0.5, 0.6) is 0 Å². The molecule has 6 nitrogen and oxygen atoms in total. The molecular formula is C19H17F5N4O2. The van der Waals surface area contributed by atoms with Gasteiger partial charge < -0.3 is 15.3 Å². The molecule has 0 bridgehead atoms. The second-order valence-corrected chi connectivity index (χ2v) is 7.60. The first-order valence-electron chi connectivity index (χ1n) is 9.28. The normalized spacial score (nSPS) is 23.1. The molecule has 1 aromatic heterocycles. The minimum Gasteiger partial charge on any atom is -0.465 e. The summed E-state index contributed by atoms with van der Waals surface area (Å²) in [6, 6.07) is 1.79. The maximum absolute atomic E-state index is 14.0. The summed E-state index contributed by atoms with van der Waals surface area (Å²) in [7, 11) is 0. The van der Waals surface area contributed by atoms with Crippen LogP contribution in [0.15, 0.2) is 18.2 Å². The number of aromatic nitrogens is 2. The number of rotatable bonds is 4. The van der Waals surface area contributed by atoms with Crippen LogP contribution >= 0.6 is 0 Å². The third kappa shape index (κ3) is 3.75. The lowest BCUT2D eigenvalue weighted by molar-refractivity contribution is 0.151. The molecule has 1 unspecified atom stereocenters. The predicted octanol–water partition coefficient (Wildman–Crippen LogP) is 4.30. The smallest absolute Gasteiger partial charge is 0.407 e. The number of benzene rings is 1. The average molecular weight is 428 g/mol. The highest BCUT2D eigenvalue weighted by molar-refractivity contribution is 5.66. The van der Waals surface area contributed by atoms with Crippen molar-refractivity contribution in [1.82, 2.24) is 15.1 Å². The van der Waals surface area contributed by atoms with E-state index in [0.29, 0.717) is 38.1 Å². The number of amides is 1. The third-order valence-corrected chi connectivity index (χ3v) is 5.68. The van der Waals surface area contributed by atoms with E-state index in [2.05, 4.69) is 15.5 Å². The summed E-state index contributed by atoms with van der Waals surface area (Å²) < 4.78 is 68.2. The Bertz CT molecular complexity index is 976. The molecule has 2 fully saturated rings. The molecule has 2 heterocycles. The Kier molecular flexibility index (Phi) is 5.20. The lowest BCUT2D eigenvalue weighted by atomic mass is 10.0. The molecule has 2 N–H and O–H groups in total. The highest BCUT2D eigenvalue weighted by Gasteiger charge is 2.42. The Hall–Kier alpha value is -2.98. The fourth-order valence-electron chi connectivity index (χ4n) is 4.36. The van der Waals surface area contributed by atoms with Gasteiger partial charge in [-0.3, -0.25) is 0 Å². The van der Waals surface area contributed by atoms with E-state index in [9.17, 15) is 26.7 Å². The Balaban J connectivity index is 1.55. The Morgan fingerprint density at radius 2 is 1.77 bits per heavy atom. The number of nitrogens with one attached hydrogen (secondary N) is 1. The van der Waals surface area contributed by atoms with E-state index in [-0.39, 0.29) is 23.7 Å². The second kappa shape index (κ2) is 7.69. The quantitative estimate of drug-likeness (QED) is 0.561. The van der Waals surface area contributed by atoms with E-state index in [4.69, 9.17) is 5.11 Å². The van der Waals surface area contributed by atoms with Gasteiger partial charge in [-0.1, -0.05) is 0 Å². The van der Waals surface area contributed by atoms with Crippen LogP contribution in [0.4, 0.5) is 32.6 Å².